The summed E-state index contributed by atoms with van der Waals surface area (Å²) < 4.78 is 2.02. The van der Waals surface area contributed by atoms with Crippen LogP contribution in [0.4, 0.5) is 5.69 Å². The number of thioether (sulfide) groups is 1. The minimum Gasteiger partial charge on any atom is -0.325 e. The van der Waals surface area contributed by atoms with Gasteiger partial charge in [0.15, 0.2) is 11.0 Å². The van der Waals surface area contributed by atoms with E-state index in [4.69, 9.17) is 0 Å². The van der Waals surface area contributed by atoms with E-state index in [1.54, 1.807) is 0 Å². The second-order valence-corrected chi connectivity index (χ2v) is 8.68. The fraction of sp³-hybridized carbons (Fsp3) is 0.192. The summed E-state index contributed by atoms with van der Waals surface area (Å²) in [6.45, 7) is 6.23. The number of benzene rings is 3. The van der Waals surface area contributed by atoms with E-state index >= 15 is 0 Å². The molecule has 0 unspecified atom stereocenters. The van der Waals surface area contributed by atoms with E-state index in [0.29, 0.717) is 5.16 Å². The molecule has 3 aromatic carbocycles. The van der Waals surface area contributed by atoms with Crippen molar-refractivity contribution in [3.8, 4) is 17.1 Å². The van der Waals surface area contributed by atoms with Gasteiger partial charge in [-0.05, 0) is 56.2 Å². The highest BCUT2D eigenvalue weighted by molar-refractivity contribution is 7.99. The first-order valence-electron chi connectivity index (χ1n) is 10.6. The summed E-state index contributed by atoms with van der Waals surface area (Å²) in [5.74, 6) is 0.929. The Kier molecular flexibility index (Phi) is 6.71. The van der Waals surface area contributed by atoms with Crippen molar-refractivity contribution in [2.45, 2.75) is 32.3 Å². The third-order valence-corrected chi connectivity index (χ3v) is 6.11. The fourth-order valence-corrected chi connectivity index (χ4v) is 4.16. The average Bonchev–Trinajstić information content (AvgIpc) is 3.23. The smallest absolute Gasteiger partial charge is 0.234 e. The van der Waals surface area contributed by atoms with E-state index in [-0.39, 0.29) is 11.7 Å². The molecule has 0 bridgehead atoms. The van der Waals surface area contributed by atoms with Gasteiger partial charge >= 0.3 is 0 Å². The lowest BCUT2D eigenvalue weighted by Crippen LogP contribution is -2.14. The fourth-order valence-electron chi connectivity index (χ4n) is 3.41. The Balaban J connectivity index is 1.57. The van der Waals surface area contributed by atoms with Crippen LogP contribution >= 0.6 is 11.8 Å². The number of hydrogen-bond acceptors (Lipinski definition) is 4. The number of aromatic nitrogens is 3. The first kappa shape index (κ1) is 21.8. The summed E-state index contributed by atoms with van der Waals surface area (Å²) in [6, 6.07) is 24.4. The van der Waals surface area contributed by atoms with Crippen molar-refractivity contribution >= 4 is 23.4 Å². The molecule has 6 heteroatoms. The number of carbonyl (C=O) groups excluding carboxylic acids is 1. The van der Waals surface area contributed by atoms with Crippen LogP contribution in [-0.2, 0) is 11.2 Å². The summed E-state index contributed by atoms with van der Waals surface area (Å²) in [5.41, 5.74) is 6.34. The lowest BCUT2D eigenvalue weighted by Gasteiger charge is -2.11. The molecule has 1 aromatic heterocycles. The van der Waals surface area contributed by atoms with Crippen LogP contribution < -0.4 is 5.32 Å². The molecule has 0 aliphatic carbocycles. The quantitative estimate of drug-likeness (QED) is 0.365. The molecular formula is C26H26N4OS. The molecule has 0 saturated carbocycles. The molecule has 4 rings (SSSR count). The van der Waals surface area contributed by atoms with E-state index in [0.717, 1.165) is 34.7 Å². The van der Waals surface area contributed by atoms with Crippen LogP contribution in [0, 0.1) is 13.8 Å². The Morgan fingerprint density at radius 2 is 1.69 bits per heavy atom. The molecule has 0 atom stereocenters. The summed E-state index contributed by atoms with van der Waals surface area (Å²) in [7, 11) is 0. The maximum Gasteiger partial charge on any atom is 0.234 e. The zero-order valence-electron chi connectivity index (χ0n) is 18.5. The average molecular weight is 443 g/mol. The second-order valence-electron chi connectivity index (χ2n) is 7.73. The summed E-state index contributed by atoms with van der Waals surface area (Å²) >= 11 is 1.38. The predicted molar refractivity (Wildman–Crippen MR) is 131 cm³/mol. The lowest BCUT2D eigenvalue weighted by atomic mass is 10.1. The highest BCUT2D eigenvalue weighted by atomic mass is 32.2. The van der Waals surface area contributed by atoms with Crippen molar-refractivity contribution in [2.24, 2.45) is 0 Å². The van der Waals surface area contributed by atoms with Crippen molar-refractivity contribution in [3.05, 3.63) is 89.5 Å². The van der Waals surface area contributed by atoms with Crippen LogP contribution in [0.1, 0.15) is 23.6 Å². The van der Waals surface area contributed by atoms with Crippen molar-refractivity contribution in [1.29, 1.82) is 0 Å². The maximum absolute atomic E-state index is 12.6. The van der Waals surface area contributed by atoms with Crippen molar-refractivity contribution in [2.75, 3.05) is 11.1 Å². The van der Waals surface area contributed by atoms with Crippen LogP contribution in [-0.4, -0.2) is 26.4 Å². The normalized spacial score (nSPS) is 10.8. The summed E-state index contributed by atoms with van der Waals surface area (Å²) in [6.07, 6.45) is 0.974. The molecule has 0 aliphatic rings. The maximum atomic E-state index is 12.6. The molecule has 162 valence electrons. The Bertz CT molecular complexity index is 1210. The van der Waals surface area contributed by atoms with Gasteiger partial charge < -0.3 is 5.32 Å². The van der Waals surface area contributed by atoms with Gasteiger partial charge in [-0.2, -0.15) is 0 Å². The largest absolute Gasteiger partial charge is 0.325 e. The molecule has 0 fully saturated rings. The van der Waals surface area contributed by atoms with E-state index < -0.39 is 0 Å². The first-order chi connectivity index (χ1) is 15.5. The SMILES string of the molecule is CCc1ccc(NC(=O)CSc2nnc(-c3cccc(C)c3)n2-c2ccc(C)cc2)cc1. The number of nitrogens with one attached hydrogen (secondary N) is 1. The molecule has 0 saturated heterocycles. The number of anilines is 1. The predicted octanol–water partition coefficient (Wildman–Crippen LogP) is 5.84. The first-order valence-corrected chi connectivity index (χ1v) is 11.6. The molecule has 1 N–H and O–H groups in total. The van der Waals surface area contributed by atoms with Gasteiger partial charge in [-0.15, -0.1) is 10.2 Å². The standard InChI is InChI=1S/C26H26N4OS/c1-4-20-10-12-22(13-11-20)27-24(31)17-32-26-29-28-25(21-7-5-6-19(3)16-21)30(26)23-14-8-18(2)9-15-23/h5-16H,4,17H2,1-3H3,(H,27,31). The van der Waals surface area contributed by atoms with Crippen LogP contribution in [0.25, 0.3) is 17.1 Å². The molecule has 0 spiro atoms. The zero-order valence-corrected chi connectivity index (χ0v) is 19.3. The minimum atomic E-state index is -0.0742. The van der Waals surface area contributed by atoms with Gasteiger partial charge in [0.05, 0.1) is 5.75 Å². The van der Waals surface area contributed by atoms with E-state index in [1.807, 2.05) is 41.0 Å². The number of carbonyl (C=O) groups is 1. The molecule has 1 amide bonds. The Morgan fingerprint density at radius 1 is 0.938 bits per heavy atom. The third-order valence-electron chi connectivity index (χ3n) is 5.18. The van der Waals surface area contributed by atoms with E-state index in [9.17, 15) is 4.79 Å². The topological polar surface area (TPSA) is 59.8 Å². The summed E-state index contributed by atoms with van der Waals surface area (Å²) in [5, 5.41) is 12.5. The van der Waals surface area contributed by atoms with Crippen molar-refractivity contribution in [1.82, 2.24) is 14.8 Å². The van der Waals surface area contributed by atoms with Gasteiger partial charge in [0, 0.05) is 16.9 Å². The van der Waals surface area contributed by atoms with Gasteiger partial charge in [0.2, 0.25) is 5.91 Å². The Labute approximate surface area is 192 Å². The third kappa shape index (κ3) is 5.08. The van der Waals surface area contributed by atoms with Crippen LogP contribution in [0.3, 0.4) is 0 Å². The Hall–Kier alpha value is -3.38. The van der Waals surface area contributed by atoms with Gasteiger partial charge in [-0.3, -0.25) is 9.36 Å². The zero-order chi connectivity index (χ0) is 22.5. The number of amides is 1. The Morgan fingerprint density at radius 3 is 2.38 bits per heavy atom. The second kappa shape index (κ2) is 9.83. The summed E-state index contributed by atoms with van der Waals surface area (Å²) in [4.78, 5) is 12.6. The molecule has 0 aliphatic heterocycles. The van der Waals surface area contributed by atoms with Crippen molar-refractivity contribution in [3.63, 3.8) is 0 Å². The number of aryl methyl sites for hydroxylation is 3. The molecule has 5 nitrogen and oxygen atoms in total. The van der Waals surface area contributed by atoms with Crippen LogP contribution in [0.5, 0.6) is 0 Å². The number of rotatable bonds is 7. The molecule has 1 heterocycles. The van der Waals surface area contributed by atoms with Crippen LogP contribution in [0.15, 0.2) is 78.0 Å². The van der Waals surface area contributed by atoms with Gasteiger partial charge in [0.1, 0.15) is 0 Å². The monoisotopic (exact) mass is 442 g/mol. The van der Waals surface area contributed by atoms with E-state index in [1.165, 1.54) is 22.9 Å². The molecule has 4 aromatic rings. The highest BCUT2D eigenvalue weighted by Crippen LogP contribution is 2.28. The van der Waals surface area contributed by atoms with Gasteiger partial charge in [0.25, 0.3) is 0 Å². The molecule has 0 radical (unpaired) electrons. The van der Waals surface area contributed by atoms with Crippen LogP contribution in [0.2, 0.25) is 0 Å². The van der Waals surface area contributed by atoms with Gasteiger partial charge in [-0.25, -0.2) is 0 Å². The number of nitrogens with zero attached hydrogens (tertiary/aromatic N) is 3. The highest BCUT2D eigenvalue weighted by Gasteiger charge is 2.17. The number of hydrogen-bond donors (Lipinski definition) is 1. The molecule has 32 heavy (non-hydrogen) atoms. The molecular weight excluding hydrogens is 416 g/mol. The van der Waals surface area contributed by atoms with Gasteiger partial charge in [-0.1, -0.05) is 72.3 Å². The van der Waals surface area contributed by atoms with E-state index in [2.05, 4.69) is 72.7 Å². The minimum absolute atomic E-state index is 0.0742. The van der Waals surface area contributed by atoms with Crippen molar-refractivity contribution < 1.29 is 4.79 Å². The lowest BCUT2D eigenvalue weighted by molar-refractivity contribution is -0.113.